The Labute approximate surface area is 467 Å². The van der Waals surface area contributed by atoms with Crippen LogP contribution in [0.15, 0.2) is 59.0 Å². The Hall–Kier alpha value is -5.22. The third-order valence-corrected chi connectivity index (χ3v) is 14.7. The maximum absolute atomic E-state index is 14.0. The van der Waals surface area contributed by atoms with Crippen molar-refractivity contribution < 1.29 is 81.3 Å². The molecule has 25 heteroatoms. The van der Waals surface area contributed by atoms with Crippen molar-refractivity contribution in [2.45, 2.75) is 107 Å². The van der Waals surface area contributed by atoms with Gasteiger partial charge in [0.05, 0.1) is 115 Å². The lowest BCUT2D eigenvalue weighted by molar-refractivity contribution is -0.123. The lowest BCUT2D eigenvalue weighted by Crippen LogP contribution is -2.38. The first-order valence-corrected chi connectivity index (χ1v) is 28.2. The molecule has 444 valence electrons. The number of nitrogens with two attached hydrogens (primary N) is 1. The van der Waals surface area contributed by atoms with Gasteiger partial charge in [-0.05, 0) is 44.6 Å². The third kappa shape index (κ3) is 25.0. The van der Waals surface area contributed by atoms with Gasteiger partial charge in [-0.25, -0.2) is 9.59 Å². The van der Waals surface area contributed by atoms with Gasteiger partial charge < -0.3 is 85.4 Å². The molecule has 0 aromatic carbocycles. The van der Waals surface area contributed by atoms with Crippen LogP contribution in [-0.2, 0) is 66.6 Å². The van der Waals surface area contributed by atoms with E-state index >= 15 is 0 Å². The zero-order chi connectivity index (χ0) is 57.4. The SMILES string of the molecule is CO[C@H]1/C=C\C=C(/C)C(=O)NC2=CC(=O)C(NCCOCCOCCNC(=O)CCOCCOCCOCCOCCNC(=O)CCCC[C@@H]3SC[C@@H]4NC(=O)N[C@@H]43)=C(C[C@@H](C)C[C@H](OC)[C@H](O)[C@@H](C)/C=C/C1OC(N)=O)C2=O. The van der Waals surface area contributed by atoms with E-state index in [1.54, 1.807) is 25.2 Å². The van der Waals surface area contributed by atoms with Crippen molar-refractivity contribution in [1.82, 2.24) is 31.9 Å². The first-order chi connectivity index (χ1) is 38.1. The number of thioether (sulfide) groups is 1. The average molecular weight is 1140 g/mol. The van der Waals surface area contributed by atoms with E-state index in [4.69, 9.17) is 48.4 Å². The molecule has 1 aliphatic carbocycles. The Morgan fingerprint density at radius 3 is 1.97 bits per heavy atom. The number of amides is 6. The molecule has 0 spiro atoms. The Morgan fingerprint density at radius 1 is 0.747 bits per heavy atom. The zero-order valence-electron chi connectivity index (χ0n) is 46.4. The Balaban J connectivity index is 1.02. The molecule has 9 atom stereocenters. The van der Waals surface area contributed by atoms with Crippen LogP contribution < -0.4 is 37.6 Å². The standard InChI is InChI=1S/C54H85N7O17S/c1-35-31-38-48(41(62)33-39(51(38)66)59-52(67)37(3)9-8-10-42(70-4)43(78-53(55)68)14-13-36(2)50(65)44(32-35)71-5)58-18-22-75-25-24-73-21-17-57-47(64)15-19-72-23-27-76-29-30-77-28-26-74-20-16-56-46(63)12-7-6-11-45-49-40(34-79-45)60-54(69)61-49/h8-10,13-14,33,35-36,40,42-45,49-50,58,65H,6-7,11-12,15-32,34H2,1-5H3,(H2,55,68)(H,56,63)(H,57,64)(H,59,67)(H2,60,61,69)/b10-8-,14-13+,37-9+/t35-,36+,40+,42+,43?,44+,45+,49+,50-/m1/s1. The molecule has 0 aromatic heterocycles. The van der Waals surface area contributed by atoms with Crippen LogP contribution in [0.4, 0.5) is 9.59 Å². The number of unbranched alkanes of at least 4 members (excludes halogenated alkanes) is 1. The van der Waals surface area contributed by atoms with Crippen LogP contribution in [0.1, 0.15) is 65.7 Å². The summed E-state index contributed by atoms with van der Waals surface area (Å²) in [5.74, 6) is -1.69. The first-order valence-electron chi connectivity index (χ1n) is 27.1. The van der Waals surface area contributed by atoms with Crippen LogP contribution in [0.25, 0.3) is 0 Å². The number of ketones is 2. The second-order valence-corrected chi connectivity index (χ2v) is 20.6. The van der Waals surface area contributed by atoms with E-state index in [9.17, 15) is 38.7 Å². The second-order valence-electron chi connectivity index (χ2n) is 19.4. The molecule has 3 aliphatic heterocycles. The molecule has 6 amide bonds. The van der Waals surface area contributed by atoms with Gasteiger partial charge in [-0.3, -0.25) is 24.0 Å². The average Bonchev–Trinajstić information content (AvgIpc) is 4.09. The minimum atomic E-state index is -1.03. The van der Waals surface area contributed by atoms with E-state index in [-0.39, 0.29) is 111 Å². The maximum Gasteiger partial charge on any atom is 0.405 e. The highest BCUT2D eigenvalue weighted by atomic mass is 32.2. The summed E-state index contributed by atoms with van der Waals surface area (Å²) in [4.78, 5) is 88.4. The van der Waals surface area contributed by atoms with E-state index in [2.05, 4.69) is 31.9 Å². The molecular formula is C54H85N7O17S. The number of Topliss-reactive ketones (excluding diaryl/α,β-unsaturated/α-hetero) is 1. The van der Waals surface area contributed by atoms with Gasteiger partial charge in [0.25, 0.3) is 5.91 Å². The highest BCUT2D eigenvalue weighted by Crippen LogP contribution is 2.33. The van der Waals surface area contributed by atoms with Gasteiger partial charge in [-0.15, -0.1) is 0 Å². The molecule has 3 heterocycles. The summed E-state index contributed by atoms with van der Waals surface area (Å²) in [5.41, 5.74) is 5.60. The molecule has 4 rings (SSSR count). The molecule has 9 N–H and O–H groups in total. The monoisotopic (exact) mass is 1140 g/mol. The van der Waals surface area contributed by atoms with Crippen LogP contribution in [0.2, 0.25) is 0 Å². The van der Waals surface area contributed by atoms with Crippen molar-refractivity contribution in [3.8, 4) is 0 Å². The molecular weight excluding hydrogens is 1050 g/mol. The normalized spacial score (nSPS) is 26.2. The molecule has 2 saturated heterocycles. The summed E-state index contributed by atoms with van der Waals surface area (Å²) in [6.45, 7) is 9.88. The molecule has 0 aromatic rings. The van der Waals surface area contributed by atoms with Crippen LogP contribution in [0, 0.1) is 11.8 Å². The number of urea groups is 1. The predicted molar refractivity (Wildman–Crippen MR) is 292 cm³/mol. The van der Waals surface area contributed by atoms with Crippen molar-refractivity contribution in [2.75, 3.05) is 119 Å². The Kier molecular flexibility index (Phi) is 31.6. The summed E-state index contributed by atoms with van der Waals surface area (Å²) in [5, 5.41) is 29.0. The molecule has 0 saturated carbocycles. The van der Waals surface area contributed by atoms with Gasteiger partial charge >= 0.3 is 12.1 Å². The fraction of sp³-hybridized carbons (Fsp3) is 0.685. The van der Waals surface area contributed by atoms with Gasteiger partial charge in [0, 0.05) is 80.8 Å². The number of aliphatic hydroxyl groups excluding tert-OH is 1. The van der Waals surface area contributed by atoms with Gasteiger partial charge in [-0.2, -0.15) is 11.8 Å². The third-order valence-electron chi connectivity index (χ3n) is 13.2. The van der Waals surface area contributed by atoms with Crippen molar-refractivity contribution in [3.63, 3.8) is 0 Å². The fourth-order valence-electron chi connectivity index (χ4n) is 8.87. The van der Waals surface area contributed by atoms with Crippen LogP contribution in [0.3, 0.4) is 0 Å². The van der Waals surface area contributed by atoms with Crippen LogP contribution in [-0.4, -0.2) is 207 Å². The number of carbonyl (C=O) groups is 7. The number of allylic oxidation sites excluding steroid dienone is 4. The van der Waals surface area contributed by atoms with Crippen molar-refractivity contribution in [1.29, 1.82) is 0 Å². The van der Waals surface area contributed by atoms with E-state index in [1.165, 1.54) is 33.3 Å². The van der Waals surface area contributed by atoms with E-state index in [1.807, 2.05) is 18.7 Å². The van der Waals surface area contributed by atoms with Crippen molar-refractivity contribution in [2.24, 2.45) is 17.6 Å². The zero-order valence-corrected chi connectivity index (χ0v) is 47.2. The lowest BCUT2D eigenvalue weighted by atomic mass is 9.85. The Bertz CT molecular complexity index is 2120. The van der Waals surface area contributed by atoms with Crippen LogP contribution in [0.5, 0.6) is 0 Å². The summed E-state index contributed by atoms with van der Waals surface area (Å²) < 4.78 is 49.8. The van der Waals surface area contributed by atoms with Crippen LogP contribution >= 0.6 is 11.8 Å². The predicted octanol–water partition coefficient (Wildman–Crippen LogP) is 1.41. The fourth-order valence-corrected chi connectivity index (χ4v) is 10.4. The lowest BCUT2D eigenvalue weighted by Gasteiger charge is -2.29. The van der Waals surface area contributed by atoms with Gasteiger partial charge in [0.1, 0.15) is 6.10 Å². The van der Waals surface area contributed by atoms with E-state index in [0.717, 1.165) is 31.1 Å². The number of carbonyl (C=O) groups excluding carboxylic acids is 7. The number of aliphatic hydroxyl groups is 1. The largest absolute Gasteiger partial charge is 0.439 e. The summed E-state index contributed by atoms with van der Waals surface area (Å²) in [6.07, 6.45) is 8.12. The number of fused-ring (bicyclic) bond motifs is 3. The second kappa shape index (κ2) is 37.7. The maximum atomic E-state index is 14.0. The summed E-state index contributed by atoms with van der Waals surface area (Å²) in [6, 6.07) is 0.329. The smallest absolute Gasteiger partial charge is 0.405 e. The molecule has 1 unspecified atom stereocenters. The number of primary amides is 1. The summed E-state index contributed by atoms with van der Waals surface area (Å²) >= 11 is 1.88. The summed E-state index contributed by atoms with van der Waals surface area (Å²) in [7, 11) is 2.87. The number of rotatable bonds is 33. The van der Waals surface area contributed by atoms with Gasteiger partial charge in [-0.1, -0.05) is 44.6 Å². The highest BCUT2D eigenvalue weighted by Gasteiger charge is 2.42. The molecule has 0 radical (unpaired) electrons. The molecule has 2 bridgehead atoms. The molecule has 79 heavy (non-hydrogen) atoms. The van der Waals surface area contributed by atoms with E-state index < -0.39 is 53.9 Å². The highest BCUT2D eigenvalue weighted by molar-refractivity contribution is 8.00. The number of hydrogen-bond acceptors (Lipinski definition) is 19. The topological polar surface area (TPSA) is 321 Å². The van der Waals surface area contributed by atoms with Crippen molar-refractivity contribution >= 4 is 53.2 Å². The van der Waals surface area contributed by atoms with E-state index in [0.29, 0.717) is 77.4 Å². The quantitative estimate of drug-likeness (QED) is 0.0199. The number of ether oxygens (including phenoxy) is 9. The van der Waals surface area contributed by atoms with Gasteiger partial charge in [0.15, 0.2) is 6.10 Å². The van der Waals surface area contributed by atoms with Crippen molar-refractivity contribution in [3.05, 3.63) is 59.0 Å². The number of methoxy groups -OCH3 is 2. The molecule has 2 fully saturated rings. The number of nitrogens with one attached hydrogen (secondary N) is 6. The minimum Gasteiger partial charge on any atom is -0.439 e. The molecule has 4 aliphatic rings. The number of hydrogen-bond donors (Lipinski definition) is 8. The first kappa shape index (κ1) is 66.3. The van der Waals surface area contributed by atoms with Gasteiger partial charge in [0.2, 0.25) is 23.4 Å². The molecule has 24 nitrogen and oxygen atoms in total. The minimum absolute atomic E-state index is 0.00842. The Morgan fingerprint density at radius 2 is 1.35 bits per heavy atom.